The molecule has 18 heavy (non-hydrogen) atoms. The van der Waals surface area contributed by atoms with Crippen molar-refractivity contribution in [3.8, 4) is 0 Å². The first-order chi connectivity index (χ1) is 8.42. The van der Waals surface area contributed by atoms with Gasteiger partial charge in [-0.3, -0.25) is 0 Å². The summed E-state index contributed by atoms with van der Waals surface area (Å²) in [5.74, 6) is 0. The highest BCUT2D eigenvalue weighted by atomic mass is 15.6. The molecule has 0 aromatic carbocycles. The highest BCUT2D eigenvalue weighted by Crippen LogP contribution is 2.46. The maximum atomic E-state index is 6.16. The summed E-state index contributed by atoms with van der Waals surface area (Å²) in [7, 11) is 0. The standard InChI is InChI=1S/C15H31N3/c1-12-7-5-8-13(2)18(12)17-15(11-16)10-6-9-14(15,3)4/h12-13,17H,5-11,16H2,1-4H3. The Balaban J connectivity index is 2.14. The third kappa shape index (κ3) is 2.33. The van der Waals surface area contributed by atoms with Gasteiger partial charge in [-0.15, -0.1) is 0 Å². The van der Waals surface area contributed by atoms with Crippen LogP contribution in [0.15, 0.2) is 0 Å². The molecule has 1 saturated carbocycles. The van der Waals surface area contributed by atoms with Gasteiger partial charge in [-0.25, -0.2) is 10.4 Å². The van der Waals surface area contributed by atoms with Crippen LogP contribution in [-0.4, -0.2) is 29.2 Å². The Kier molecular flexibility index (Phi) is 4.05. The van der Waals surface area contributed by atoms with Crippen LogP contribution in [-0.2, 0) is 0 Å². The molecule has 2 fully saturated rings. The Labute approximate surface area is 112 Å². The van der Waals surface area contributed by atoms with Crippen molar-refractivity contribution in [2.75, 3.05) is 6.54 Å². The first kappa shape index (κ1) is 14.3. The fourth-order valence-corrected chi connectivity index (χ4v) is 3.93. The molecular weight excluding hydrogens is 222 g/mol. The van der Waals surface area contributed by atoms with Gasteiger partial charge in [0.05, 0.1) is 0 Å². The van der Waals surface area contributed by atoms with Gasteiger partial charge < -0.3 is 5.73 Å². The molecule has 1 heterocycles. The zero-order valence-corrected chi connectivity index (χ0v) is 12.6. The molecule has 106 valence electrons. The van der Waals surface area contributed by atoms with Gasteiger partial charge in [-0.1, -0.05) is 26.7 Å². The van der Waals surface area contributed by atoms with Crippen molar-refractivity contribution in [2.24, 2.45) is 11.1 Å². The van der Waals surface area contributed by atoms with Crippen LogP contribution < -0.4 is 11.2 Å². The van der Waals surface area contributed by atoms with E-state index < -0.39 is 0 Å². The molecule has 3 N–H and O–H groups in total. The second kappa shape index (κ2) is 5.10. The van der Waals surface area contributed by atoms with Gasteiger partial charge in [0.1, 0.15) is 0 Å². The summed E-state index contributed by atoms with van der Waals surface area (Å²) in [6.45, 7) is 10.2. The molecule has 3 unspecified atom stereocenters. The van der Waals surface area contributed by atoms with Gasteiger partial charge in [-0.2, -0.15) is 0 Å². The highest BCUT2D eigenvalue weighted by Gasteiger charge is 2.49. The first-order valence-electron chi connectivity index (χ1n) is 7.68. The molecule has 1 aliphatic heterocycles. The lowest BCUT2D eigenvalue weighted by Crippen LogP contribution is -2.67. The minimum atomic E-state index is 0.104. The van der Waals surface area contributed by atoms with Crippen molar-refractivity contribution in [3.63, 3.8) is 0 Å². The fourth-order valence-electron chi connectivity index (χ4n) is 3.93. The molecule has 0 aromatic rings. The summed E-state index contributed by atoms with van der Waals surface area (Å²) in [4.78, 5) is 0. The van der Waals surface area contributed by atoms with E-state index in [2.05, 4.69) is 38.1 Å². The van der Waals surface area contributed by atoms with Gasteiger partial charge in [-0.05, 0) is 44.9 Å². The van der Waals surface area contributed by atoms with Gasteiger partial charge in [0.15, 0.2) is 0 Å². The molecule has 1 saturated heterocycles. The number of nitrogens with two attached hydrogens (primary N) is 1. The average Bonchev–Trinajstić information content (AvgIpc) is 2.60. The normalized spacial score (nSPS) is 41.2. The second-order valence-corrected chi connectivity index (χ2v) is 7.17. The topological polar surface area (TPSA) is 41.3 Å². The van der Waals surface area contributed by atoms with Crippen LogP contribution in [0.1, 0.15) is 66.2 Å². The predicted octanol–water partition coefficient (Wildman–Crippen LogP) is 2.66. The lowest BCUT2D eigenvalue weighted by atomic mass is 9.75. The molecule has 2 rings (SSSR count). The largest absolute Gasteiger partial charge is 0.329 e. The monoisotopic (exact) mass is 253 g/mol. The summed E-state index contributed by atoms with van der Waals surface area (Å²) in [5.41, 5.74) is 10.5. The zero-order chi connectivity index (χ0) is 13.4. The molecule has 3 nitrogen and oxygen atoms in total. The fraction of sp³-hybridized carbons (Fsp3) is 1.00. The molecule has 1 aliphatic carbocycles. The van der Waals surface area contributed by atoms with E-state index in [0.717, 1.165) is 6.54 Å². The van der Waals surface area contributed by atoms with E-state index in [1.165, 1.54) is 38.5 Å². The van der Waals surface area contributed by atoms with Gasteiger partial charge >= 0.3 is 0 Å². The molecule has 0 amide bonds. The predicted molar refractivity (Wildman–Crippen MR) is 77.2 cm³/mol. The number of hydrazine groups is 1. The number of hydrogen-bond donors (Lipinski definition) is 2. The van der Waals surface area contributed by atoms with Crippen molar-refractivity contribution in [3.05, 3.63) is 0 Å². The summed E-state index contributed by atoms with van der Waals surface area (Å²) >= 11 is 0. The molecule has 2 aliphatic rings. The molecule has 0 aromatic heterocycles. The zero-order valence-electron chi connectivity index (χ0n) is 12.6. The third-order valence-electron chi connectivity index (χ3n) is 5.59. The van der Waals surface area contributed by atoms with Crippen LogP contribution in [0.3, 0.4) is 0 Å². The average molecular weight is 253 g/mol. The quantitative estimate of drug-likeness (QED) is 0.812. The maximum absolute atomic E-state index is 6.16. The van der Waals surface area contributed by atoms with Crippen molar-refractivity contribution in [1.29, 1.82) is 0 Å². The number of hydrogen-bond acceptors (Lipinski definition) is 3. The van der Waals surface area contributed by atoms with Gasteiger partial charge in [0, 0.05) is 24.2 Å². The molecular formula is C15H31N3. The minimum absolute atomic E-state index is 0.104. The second-order valence-electron chi connectivity index (χ2n) is 7.17. The Bertz CT molecular complexity index is 279. The number of nitrogens with zero attached hydrogens (tertiary/aromatic N) is 1. The maximum Gasteiger partial charge on any atom is 0.0499 e. The van der Waals surface area contributed by atoms with Crippen molar-refractivity contribution < 1.29 is 0 Å². The van der Waals surface area contributed by atoms with Crippen LogP contribution in [0.4, 0.5) is 0 Å². The highest BCUT2D eigenvalue weighted by molar-refractivity contribution is 5.05. The molecule has 3 atom stereocenters. The van der Waals surface area contributed by atoms with E-state index in [-0.39, 0.29) is 5.54 Å². The van der Waals surface area contributed by atoms with E-state index in [1.54, 1.807) is 0 Å². The molecule has 0 bridgehead atoms. The third-order valence-corrected chi connectivity index (χ3v) is 5.59. The number of piperidine rings is 1. The first-order valence-corrected chi connectivity index (χ1v) is 7.68. The van der Waals surface area contributed by atoms with Crippen molar-refractivity contribution >= 4 is 0 Å². The lowest BCUT2D eigenvalue weighted by Gasteiger charge is -2.50. The van der Waals surface area contributed by atoms with E-state index in [1.807, 2.05) is 0 Å². The summed E-state index contributed by atoms with van der Waals surface area (Å²) in [6.07, 6.45) is 7.77. The van der Waals surface area contributed by atoms with E-state index in [4.69, 9.17) is 5.73 Å². The van der Waals surface area contributed by atoms with Crippen molar-refractivity contribution in [1.82, 2.24) is 10.4 Å². The van der Waals surface area contributed by atoms with E-state index >= 15 is 0 Å². The van der Waals surface area contributed by atoms with Gasteiger partial charge in [0.25, 0.3) is 0 Å². The summed E-state index contributed by atoms with van der Waals surface area (Å²) in [6, 6.07) is 1.27. The Morgan fingerprint density at radius 3 is 2.17 bits per heavy atom. The van der Waals surface area contributed by atoms with Crippen LogP contribution in [0, 0.1) is 5.41 Å². The van der Waals surface area contributed by atoms with Crippen LogP contribution in [0.2, 0.25) is 0 Å². The van der Waals surface area contributed by atoms with Gasteiger partial charge in [0.2, 0.25) is 0 Å². The van der Waals surface area contributed by atoms with Crippen molar-refractivity contribution in [2.45, 2.75) is 83.8 Å². The Morgan fingerprint density at radius 1 is 1.11 bits per heavy atom. The molecule has 0 spiro atoms. The minimum Gasteiger partial charge on any atom is -0.329 e. The van der Waals surface area contributed by atoms with Crippen LogP contribution in [0.25, 0.3) is 0 Å². The SMILES string of the molecule is CC1CCCC(C)N1NC1(CN)CCCC1(C)C. The smallest absolute Gasteiger partial charge is 0.0499 e. The number of nitrogens with one attached hydrogen (secondary N) is 1. The molecule has 3 heteroatoms. The Morgan fingerprint density at radius 2 is 1.72 bits per heavy atom. The summed E-state index contributed by atoms with van der Waals surface area (Å²) < 4.78 is 0. The summed E-state index contributed by atoms with van der Waals surface area (Å²) in [5, 5.41) is 2.50. The Hall–Kier alpha value is -0.120. The van der Waals surface area contributed by atoms with E-state index in [0.29, 0.717) is 17.5 Å². The van der Waals surface area contributed by atoms with Crippen LogP contribution in [0.5, 0.6) is 0 Å². The van der Waals surface area contributed by atoms with Crippen LogP contribution >= 0.6 is 0 Å². The molecule has 0 radical (unpaired) electrons. The number of rotatable bonds is 3. The van der Waals surface area contributed by atoms with E-state index in [9.17, 15) is 0 Å². The lowest BCUT2D eigenvalue weighted by molar-refractivity contribution is -0.0272.